The van der Waals surface area contributed by atoms with Gasteiger partial charge in [-0.1, -0.05) is 39.8 Å². The van der Waals surface area contributed by atoms with Crippen LogP contribution >= 0.6 is 0 Å². The smallest absolute Gasteiger partial charge is 0.263 e. The fourth-order valence-electron chi connectivity index (χ4n) is 4.38. The minimum atomic E-state index is -0.531. The molecular weight excluding hydrogens is 376 g/mol. The molecule has 166 valence electrons. The van der Waals surface area contributed by atoms with E-state index in [4.69, 9.17) is 4.74 Å². The Hall–Kier alpha value is -2.04. The van der Waals surface area contributed by atoms with E-state index in [0.717, 1.165) is 50.4 Å². The van der Waals surface area contributed by atoms with Crippen LogP contribution in [-0.2, 0) is 15.0 Å². The molecule has 0 saturated carbocycles. The van der Waals surface area contributed by atoms with Crippen molar-refractivity contribution in [1.82, 2.24) is 9.80 Å². The van der Waals surface area contributed by atoms with Gasteiger partial charge in [0.15, 0.2) is 6.10 Å². The van der Waals surface area contributed by atoms with Crippen LogP contribution in [0.5, 0.6) is 5.75 Å². The Labute approximate surface area is 181 Å². The molecule has 0 spiro atoms. The molecule has 0 aliphatic carbocycles. The molecule has 2 amide bonds. The number of piperidine rings is 2. The number of benzene rings is 1. The number of hydrogen-bond acceptors (Lipinski definition) is 3. The molecule has 0 radical (unpaired) electrons. The Bertz CT molecular complexity index is 739. The van der Waals surface area contributed by atoms with Crippen LogP contribution in [0.3, 0.4) is 0 Å². The van der Waals surface area contributed by atoms with Crippen LogP contribution in [0.4, 0.5) is 0 Å². The summed E-state index contributed by atoms with van der Waals surface area (Å²) in [4.78, 5) is 29.6. The SMILES string of the molecule is CC1CCN(C(=O)C2CCN(C(=O)C(C)Oc3cccc(C(C)(C)C)c3)CC2)CC1. The van der Waals surface area contributed by atoms with Gasteiger partial charge in [0.1, 0.15) is 5.75 Å². The van der Waals surface area contributed by atoms with Crippen LogP contribution in [0.15, 0.2) is 24.3 Å². The molecule has 2 aliphatic heterocycles. The average Bonchev–Trinajstić information content (AvgIpc) is 2.73. The summed E-state index contributed by atoms with van der Waals surface area (Å²) in [5.74, 6) is 1.81. The van der Waals surface area contributed by atoms with E-state index in [1.807, 2.05) is 34.9 Å². The fourth-order valence-corrected chi connectivity index (χ4v) is 4.38. The van der Waals surface area contributed by atoms with Gasteiger partial charge < -0.3 is 14.5 Å². The Morgan fingerprint density at radius 2 is 1.60 bits per heavy atom. The highest BCUT2D eigenvalue weighted by atomic mass is 16.5. The molecule has 2 saturated heterocycles. The number of likely N-dealkylation sites (tertiary alicyclic amines) is 2. The molecule has 1 unspecified atom stereocenters. The van der Waals surface area contributed by atoms with Crippen LogP contribution in [0.1, 0.15) is 65.9 Å². The van der Waals surface area contributed by atoms with Gasteiger partial charge in [0.25, 0.3) is 5.91 Å². The first-order valence-corrected chi connectivity index (χ1v) is 11.5. The fraction of sp³-hybridized carbons (Fsp3) is 0.680. The van der Waals surface area contributed by atoms with Crippen LogP contribution < -0.4 is 4.74 Å². The van der Waals surface area contributed by atoms with Crippen LogP contribution in [0, 0.1) is 11.8 Å². The second-order valence-electron chi connectivity index (χ2n) is 10.1. The Kier molecular flexibility index (Phi) is 7.10. The van der Waals surface area contributed by atoms with E-state index in [1.165, 1.54) is 5.56 Å². The number of rotatable bonds is 4. The number of carbonyl (C=O) groups excluding carboxylic acids is 2. The lowest BCUT2D eigenvalue weighted by Crippen LogP contribution is -2.48. The number of hydrogen-bond donors (Lipinski definition) is 0. The van der Waals surface area contributed by atoms with Crippen LogP contribution in [0.2, 0.25) is 0 Å². The van der Waals surface area contributed by atoms with Gasteiger partial charge in [0, 0.05) is 32.1 Å². The maximum atomic E-state index is 12.9. The molecule has 2 aliphatic rings. The lowest BCUT2D eigenvalue weighted by Gasteiger charge is -2.37. The van der Waals surface area contributed by atoms with Crippen molar-refractivity contribution >= 4 is 11.8 Å². The van der Waals surface area contributed by atoms with Crippen molar-refractivity contribution in [2.45, 2.75) is 71.8 Å². The van der Waals surface area contributed by atoms with Gasteiger partial charge in [0.2, 0.25) is 5.91 Å². The van der Waals surface area contributed by atoms with Crippen molar-refractivity contribution in [2.75, 3.05) is 26.2 Å². The lowest BCUT2D eigenvalue weighted by molar-refractivity contribution is -0.144. The zero-order valence-corrected chi connectivity index (χ0v) is 19.3. The summed E-state index contributed by atoms with van der Waals surface area (Å²) < 4.78 is 5.98. The number of nitrogens with zero attached hydrogens (tertiary/aromatic N) is 2. The molecule has 2 heterocycles. The summed E-state index contributed by atoms with van der Waals surface area (Å²) in [6, 6.07) is 7.99. The van der Waals surface area contributed by atoms with Gasteiger partial charge in [-0.05, 0) is 61.6 Å². The maximum Gasteiger partial charge on any atom is 0.263 e. The average molecular weight is 415 g/mol. The number of amides is 2. The molecule has 1 atom stereocenters. The summed E-state index contributed by atoms with van der Waals surface area (Å²) in [6.07, 6.45) is 3.19. The first-order chi connectivity index (χ1) is 14.1. The summed E-state index contributed by atoms with van der Waals surface area (Å²) in [6.45, 7) is 13.6. The molecule has 5 heteroatoms. The molecule has 2 fully saturated rings. The summed E-state index contributed by atoms with van der Waals surface area (Å²) in [5.41, 5.74) is 1.22. The zero-order valence-electron chi connectivity index (χ0n) is 19.3. The van der Waals surface area contributed by atoms with Gasteiger partial charge in [-0.2, -0.15) is 0 Å². The van der Waals surface area contributed by atoms with Gasteiger partial charge in [0.05, 0.1) is 0 Å². The quantitative estimate of drug-likeness (QED) is 0.740. The Balaban J connectivity index is 1.50. The molecule has 0 aromatic heterocycles. The van der Waals surface area contributed by atoms with Crippen molar-refractivity contribution in [3.63, 3.8) is 0 Å². The third kappa shape index (κ3) is 5.55. The van der Waals surface area contributed by atoms with Crippen LogP contribution in [0.25, 0.3) is 0 Å². The largest absolute Gasteiger partial charge is 0.481 e. The minimum Gasteiger partial charge on any atom is -0.481 e. The maximum absolute atomic E-state index is 12.9. The van der Waals surface area contributed by atoms with Gasteiger partial charge in [-0.25, -0.2) is 0 Å². The summed E-state index contributed by atoms with van der Waals surface area (Å²) >= 11 is 0. The summed E-state index contributed by atoms with van der Waals surface area (Å²) in [7, 11) is 0. The van der Waals surface area contributed by atoms with Crippen molar-refractivity contribution in [2.24, 2.45) is 11.8 Å². The third-order valence-corrected chi connectivity index (χ3v) is 6.61. The third-order valence-electron chi connectivity index (χ3n) is 6.61. The molecule has 5 nitrogen and oxygen atoms in total. The molecular formula is C25H38N2O3. The minimum absolute atomic E-state index is 0.00820. The van der Waals surface area contributed by atoms with Crippen molar-refractivity contribution in [3.05, 3.63) is 29.8 Å². The van der Waals surface area contributed by atoms with Crippen molar-refractivity contribution in [3.8, 4) is 5.75 Å². The highest BCUT2D eigenvalue weighted by molar-refractivity contribution is 5.82. The molecule has 0 bridgehead atoms. The first kappa shape index (κ1) is 22.6. The molecule has 1 aromatic rings. The molecule has 1 aromatic carbocycles. The lowest BCUT2D eigenvalue weighted by atomic mass is 9.87. The highest BCUT2D eigenvalue weighted by Crippen LogP contribution is 2.27. The molecule has 3 rings (SSSR count). The first-order valence-electron chi connectivity index (χ1n) is 11.5. The topological polar surface area (TPSA) is 49.9 Å². The van der Waals surface area contributed by atoms with Gasteiger partial charge in [-0.15, -0.1) is 0 Å². The number of ether oxygens (including phenoxy) is 1. The second kappa shape index (κ2) is 9.40. The molecule has 30 heavy (non-hydrogen) atoms. The van der Waals surface area contributed by atoms with Gasteiger partial charge in [-0.3, -0.25) is 9.59 Å². The van der Waals surface area contributed by atoms with Crippen molar-refractivity contribution < 1.29 is 14.3 Å². The van der Waals surface area contributed by atoms with E-state index >= 15 is 0 Å². The Morgan fingerprint density at radius 1 is 1.00 bits per heavy atom. The zero-order chi connectivity index (χ0) is 21.9. The standard InChI is InChI=1S/C25H38N2O3/c1-18-9-13-27(14-10-18)24(29)20-11-15-26(16-12-20)23(28)19(2)30-22-8-6-7-21(17-22)25(3,4)5/h6-8,17-20H,9-16H2,1-5H3. The monoisotopic (exact) mass is 414 g/mol. The molecule has 0 N–H and O–H groups in total. The summed E-state index contributed by atoms with van der Waals surface area (Å²) in [5, 5.41) is 0. The number of carbonyl (C=O) groups is 2. The second-order valence-corrected chi connectivity index (χ2v) is 10.1. The highest BCUT2D eigenvalue weighted by Gasteiger charge is 2.33. The predicted octanol–water partition coefficient (Wildman–Crippen LogP) is 4.25. The van der Waals surface area contributed by atoms with E-state index in [1.54, 1.807) is 0 Å². The van der Waals surface area contributed by atoms with Crippen molar-refractivity contribution in [1.29, 1.82) is 0 Å². The normalized spacial score (nSPS) is 20.2. The van der Waals surface area contributed by atoms with E-state index in [-0.39, 0.29) is 23.1 Å². The van der Waals surface area contributed by atoms with E-state index in [2.05, 4.69) is 33.8 Å². The van der Waals surface area contributed by atoms with Crippen LogP contribution in [-0.4, -0.2) is 53.9 Å². The van der Waals surface area contributed by atoms with E-state index < -0.39 is 6.10 Å². The Morgan fingerprint density at radius 3 is 2.20 bits per heavy atom. The van der Waals surface area contributed by atoms with E-state index in [0.29, 0.717) is 13.1 Å². The predicted molar refractivity (Wildman–Crippen MR) is 120 cm³/mol. The van der Waals surface area contributed by atoms with E-state index in [9.17, 15) is 9.59 Å². The van der Waals surface area contributed by atoms with Gasteiger partial charge >= 0.3 is 0 Å².